The number of nitrogens with one attached hydrogen (secondary N) is 1. The Morgan fingerprint density at radius 3 is 1.86 bits per heavy atom. The minimum Gasteiger partial charge on any atom is -0.282 e. The van der Waals surface area contributed by atoms with E-state index in [0.717, 1.165) is 11.4 Å². The monoisotopic (exact) mass is 272 g/mol. The molecule has 0 aliphatic rings. The van der Waals surface area contributed by atoms with Crippen molar-refractivity contribution >= 4 is 21.5 Å². The lowest BCUT2D eigenvalue weighted by molar-refractivity contribution is 1.02. The van der Waals surface area contributed by atoms with Crippen molar-refractivity contribution in [2.24, 2.45) is 0 Å². The standard InChI is InChI=1S/C19H16N2/c1-12-18(13(2)21-20-12)19-16-9-5-3-7-14(16)11-15-8-4-6-10-17(15)19/h3-11H,1-2H3,(H,20,21). The molecule has 1 aromatic heterocycles. The highest BCUT2D eigenvalue weighted by Crippen LogP contribution is 2.38. The summed E-state index contributed by atoms with van der Waals surface area (Å²) in [5.41, 5.74) is 4.68. The lowest BCUT2D eigenvalue weighted by Crippen LogP contribution is -1.88. The molecule has 2 nitrogen and oxygen atoms in total. The first-order valence-corrected chi connectivity index (χ1v) is 7.18. The Morgan fingerprint density at radius 2 is 1.33 bits per heavy atom. The first kappa shape index (κ1) is 12.2. The summed E-state index contributed by atoms with van der Waals surface area (Å²) >= 11 is 0. The zero-order valence-corrected chi connectivity index (χ0v) is 12.1. The normalized spacial score (nSPS) is 11.3. The number of aromatic amines is 1. The number of H-pyrrole nitrogens is 1. The van der Waals surface area contributed by atoms with E-state index in [1.54, 1.807) is 0 Å². The van der Waals surface area contributed by atoms with Gasteiger partial charge in [-0.1, -0.05) is 48.5 Å². The van der Waals surface area contributed by atoms with Crippen LogP contribution < -0.4 is 0 Å². The van der Waals surface area contributed by atoms with Crippen molar-refractivity contribution in [3.05, 3.63) is 66.0 Å². The van der Waals surface area contributed by atoms with Crippen LogP contribution in [0.3, 0.4) is 0 Å². The zero-order valence-electron chi connectivity index (χ0n) is 12.1. The molecule has 0 fully saturated rings. The third-order valence-corrected chi connectivity index (χ3v) is 4.15. The molecule has 21 heavy (non-hydrogen) atoms. The van der Waals surface area contributed by atoms with Gasteiger partial charge in [0, 0.05) is 16.8 Å². The summed E-state index contributed by atoms with van der Waals surface area (Å²) in [7, 11) is 0. The molecule has 0 amide bonds. The number of hydrogen-bond donors (Lipinski definition) is 1. The molecule has 0 atom stereocenters. The van der Waals surface area contributed by atoms with Crippen LogP contribution in [0.1, 0.15) is 11.4 Å². The van der Waals surface area contributed by atoms with Crippen LogP contribution >= 0.6 is 0 Å². The molecule has 0 radical (unpaired) electrons. The second-order valence-electron chi connectivity index (χ2n) is 5.50. The van der Waals surface area contributed by atoms with Gasteiger partial charge in [0.05, 0.1) is 5.69 Å². The van der Waals surface area contributed by atoms with E-state index in [-0.39, 0.29) is 0 Å². The average Bonchev–Trinajstić information content (AvgIpc) is 2.84. The van der Waals surface area contributed by atoms with Gasteiger partial charge in [-0.05, 0) is 41.5 Å². The molecule has 0 saturated heterocycles. The third kappa shape index (κ3) is 1.76. The van der Waals surface area contributed by atoms with Crippen LogP contribution in [0, 0.1) is 13.8 Å². The van der Waals surface area contributed by atoms with Gasteiger partial charge >= 0.3 is 0 Å². The predicted molar refractivity (Wildman–Crippen MR) is 88.5 cm³/mol. The molecular formula is C19H16N2. The fraction of sp³-hybridized carbons (Fsp3) is 0.105. The molecule has 4 aromatic rings. The molecule has 2 heteroatoms. The molecule has 0 spiro atoms. The van der Waals surface area contributed by atoms with E-state index in [9.17, 15) is 0 Å². The highest BCUT2D eigenvalue weighted by molar-refractivity contribution is 6.13. The van der Waals surface area contributed by atoms with E-state index in [2.05, 4.69) is 78.6 Å². The molecular weight excluding hydrogens is 256 g/mol. The van der Waals surface area contributed by atoms with Gasteiger partial charge in [0.2, 0.25) is 0 Å². The molecule has 1 N–H and O–H groups in total. The fourth-order valence-corrected chi connectivity index (χ4v) is 3.20. The summed E-state index contributed by atoms with van der Waals surface area (Å²) in [5, 5.41) is 12.6. The predicted octanol–water partition coefficient (Wildman–Crippen LogP) is 5.00. The molecule has 1 heterocycles. The first-order chi connectivity index (χ1) is 10.3. The second-order valence-corrected chi connectivity index (χ2v) is 5.50. The number of hydrogen-bond acceptors (Lipinski definition) is 1. The third-order valence-electron chi connectivity index (χ3n) is 4.15. The summed E-state index contributed by atoms with van der Waals surface area (Å²) in [6.45, 7) is 4.15. The fourth-order valence-electron chi connectivity index (χ4n) is 3.20. The Balaban J connectivity index is 2.28. The maximum Gasteiger partial charge on any atom is 0.0672 e. The van der Waals surface area contributed by atoms with Crippen LogP contribution in [0.5, 0.6) is 0 Å². The Morgan fingerprint density at radius 1 is 0.762 bits per heavy atom. The molecule has 4 rings (SSSR count). The number of aromatic nitrogens is 2. The minimum atomic E-state index is 1.05. The second kappa shape index (κ2) is 4.45. The van der Waals surface area contributed by atoms with Crippen molar-refractivity contribution in [2.45, 2.75) is 13.8 Å². The minimum absolute atomic E-state index is 1.05. The molecule has 0 unspecified atom stereocenters. The number of fused-ring (bicyclic) bond motifs is 2. The molecule has 102 valence electrons. The lowest BCUT2D eigenvalue weighted by Gasteiger charge is -2.12. The molecule has 3 aromatic carbocycles. The van der Waals surface area contributed by atoms with E-state index >= 15 is 0 Å². The van der Waals surface area contributed by atoms with Gasteiger partial charge in [-0.15, -0.1) is 0 Å². The number of aryl methyl sites for hydroxylation is 2. The largest absolute Gasteiger partial charge is 0.282 e. The first-order valence-electron chi connectivity index (χ1n) is 7.18. The van der Waals surface area contributed by atoms with Crippen LogP contribution in [-0.2, 0) is 0 Å². The maximum absolute atomic E-state index is 4.38. The smallest absolute Gasteiger partial charge is 0.0672 e. The van der Waals surface area contributed by atoms with E-state index in [1.165, 1.54) is 32.7 Å². The van der Waals surface area contributed by atoms with Crippen molar-refractivity contribution in [2.75, 3.05) is 0 Å². The Bertz CT molecular complexity index is 890. The van der Waals surface area contributed by atoms with Crippen LogP contribution in [0.4, 0.5) is 0 Å². The Labute approximate surface area is 123 Å². The van der Waals surface area contributed by atoms with Crippen LogP contribution in [0.25, 0.3) is 32.7 Å². The van der Waals surface area contributed by atoms with Crippen molar-refractivity contribution in [1.82, 2.24) is 10.2 Å². The Kier molecular flexibility index (Phi) is 2.58. The van der Waals surface area contributed by atoms with Gasteiger partial charge in [0.1, 0.15) is 0 Å². The molecule has 0 bridgehead atoms. The number of rotatable bonds is 1. The van der Waals surface area contributed by atoms with E-state index in [0.29, 0.717) is 0 Å². The molecule has 0 aliphatic heterocycles. The van der Waals surface area contributed by atoms with Crippen LogP contribution in [-0.4, -0.2) is 10.2 Å². The SMILES string of the molecule is Cc1n[nH]c(C)c1-c1c2ccccc2cc2ccccc12. The zero-order chi connectivity index (χ0) is 14.4. The topological polar surface area (TPSA) is 28.7 Å². The van der Waals surface area contributed by atoms with Crippen molar-refractivity contribution in [3.8, 4) is 11.1 Å². The summed E-state index contributed by atoms with van der Waals surface area (Å²) < 4.78 is 0. The van der Waals surface area contributed by atoms with E-state index in [4.69, 9.17) is 0 Å². The van der Waals surface area contributed by atoms with Gasteiger partial charge in [0.25, 0.3) is 0 Å². The quantitative estimate of drug-likeness (QED) is 0.485. The summed E-state index contributed by atoms with van der Waals surface area (Å²) in [5.74, 6) is 0. The van der Waals surface area contributed by atoms with Crippen LogP contribution in [0.2, 0.25) is 0 Å². The van der Waals surface area contributed by atoms with Gasteiger partial charge in [-0.2, -0.15) is 5.10 Å². The van der Waals surface area contributed by atoms with Gasteiger partial charge in [0.15, 0.2) is 0 Å². The van der Waals surface area contributed by atoms with Crippen LogP contribution in [0.15, 0.2) is 54.6 Å². The number of benzene rings is 3. The van der Waals surface area contributed by atoms with Gasteiger partial charge in [-0.3, -0.25) is 5.10 Å². The van der Waals surface area contributed by atoms with E-state index < -0.39 is 0 Å². The highest BCUT2D eigenvalue weighted by Gasteiger charge is 2.15. The van der Waals surface area contributed by atoms with Crippen molar-refractivity contribution in [3.63, 3.8) is 0 Å². The summed E-state index contributed by atoms with van der Waals surface area (Å²) in [4.78, 5) is 0. The van der Waals surface area contributed by atoms with Gasteiger partial charge in [-0.25, -0.2) is 0 Å². The molecule has 0 aliphatic carbocycles. The van der Waals surface area contributed by atoms with Gasteiger partial charge < -0.3 is 0 Å². The van der Waals surface area contributed by atoms with E-state index in [1.807, 2.05) is 0 Å². The average molecular weight is 272 g/mol. The highest BCUT2D eigenvalue weighted by atomic mass is 15.1. The maximum atomic E-state index is 4.38. The summed E-state index contributed by atoms with van der Waals surface area (Å²) in [6.07, 6.45) is 0. The Hall–Kier alpha value is -2.61. The lowest BCUT2D eigenvalue weighted by atomic mass is 9.91. The summed E-state index contributed by atoms with van der Waals surface area (Å²) in [6, 6.07) is 19.4. The van der Waals surface area contributed by atoms with Crippen molar-refractivity contribution in [1.29, 1.82) is 0 Å². The van der Waals surface area contributed by atoms with Crippen molar-refractivity contribution < 1.29 is 0 Å². The molecule has 0 saturated carbocycles. The number of nitrogens with zero attached hydrogens (tertiary/aromatic N) is 1.